The largest absolute Gasteiger partial charge is 0.480 e. The zero-order valence-electron chi connectivity index (χ0n) is 50.4. The van der Waals surface area contributed by atoms with Crippen LogP contribution in [0.5, 0.6) is 0 Å². The molecule has 1 aliphatic rings. The highest BCUT2D eigenvalue weighted by Gasteiger charge is 2.47. The van der Waals surface area contributed by atoms with Gasteiger partial charge < -0.3 is 23.7 Å². The number of unbranched alkanes of at least 4 members (excludes halogenated alkanes) is 8. The molecule has 0 atom stereocenters. The summed E-state index contributed by atoms with van der Waals surface area (Å²) in [5.41, 5.74) is -0.179. The lowest BCUT2D eigenvalue weighted by Gasteiger charge is -2.29. The van der Waals surface area contributed by atoms with Crippen molar-refractivity contribution in [2.75, 3.05) is 72.0 Å². The Morgan fingerprint density at radius 3 is 0.869 bits per heavy atom. The lowest BCUT2D eigenvalue weighted by molar-refractivity contribution is -0.527. The number of benzene rings is 4. The first-order valence-electron chi connectivity index (χ1n) is 30.1. The SMILES string of the molecule is C.CCCCN(CCCC)c1ccc(N(c2ccc(N(CCCC)CCCC)cc2)c2ccc([N+](=C3C=CC(=[N+](CCCC)CCCC)C=C3)c3ccc(N(CCCC)CCCC)cc3)cc2)cc1.O=S(=O)([N-]S(=O)(=O)C(F)(F)F)C(F)(F)F. The number of hydrogen-bond acceptors (Lipinski definition) is 8. The highest BCUT2D eigenvalue weighted by atomic mass is 32.3. The van der Waals surface area contributed by atoms with Crippen LogP contribution in [0.25, 0.3) is 4.13 Å². The van der Waals surface area contributed by atoms with Crippen molar-refractivity contribution in [2.24, 2.45) is 0 Å². The van der Waals surface area contributed by atoms with Gasteiger partial charge in [0.25, 0.3) is 0 Å². The second-order valence-corrected chi connectivity index (χ2v) is 24.4. The topological polar surface area (TPSA) is 101 Å². The number of allylic oxidation sites excluding steroid dienone is 4. The molecule has 84 heavy (non-hydrogen) atoms. The third-order valence-corrected chi connectivity index (χ3v) is 17.0. The Balaban J connectivity index is 0.00000101. The van der Waals surface area contributed by atoms with Crippen molar-refractivity contribution < 1.29 is 47.8 Å². The zero-order valence-corrected chi connectivity index (χ0v) is 52.0. The Morgan fingerprint density at radius 1 is 0.369 bits per heavy atom. The number of rotatable bonds is 34. The Labute approximate surface area is 501 Å². The summed E-state index contributed by atoms with van der Waals surface area (Å²) in [6.45, 7) is 27.1. The Hall–Kier alpha value is -5.66. The number of anilines is 6. The van der Waals surface area contributed by atoms with Gasteiger partial charge in [-0.1, -0.05) is 114 Å². The molecule has 5 rings (SSSR count). The molecular formula is C65H96F6N7O4S2+. The molecule has 19 heteroatoms. The van der Waals surface area contributed by atoms with Gasteiger partial charge >= 0.3 is 11.0 Å². The first-order chi connectivity index (χ1) is 39.6. The second-order valence-electron chi connectivity index (χ2n) is 20.9. The minimum atomic E-state index is -6.72. The van der Waals surface area contributed by atoms with Crippen LogP contribution in [0.15, 0.2) is 121 Å². The number of nitrogens with zero attached hydrogens (tertiary/aromatic N) is 7. The smallest absolute Gasteiger partial charge is 0.421 e. The summed E-state index contributed by atoms with van der Waals surface area (Å²) in [6.07, 6.45) is 28.7. The van der Waals surface area contributed by atoms with Crippen LogP contribution >= 0.6 is 0 Å². The standard InChI is InChI=1S/C62H92N6.C2F6NO4S2.CH4/c1-9-17-45-63(46-18-10-2)53-25-33-57(34-26-53)67(58-35-27-54(28-36-58)64(47-19-11-3)48-20-12-4)61-41-43-62(44-42-61)68(59-37-29-55(30-38-59)65(49-21-13-5)50-22-14-6)60-39-31-56(32-40-60)66(51-23-15-7)52-24-16-8;3-1(4,5)14(10,11)9-15(12,13)2(6,7)8;/h25-44H,9-24,45-52H2,1-8H3;;1H4/q+2;-1;. The number of hydrogen-bond donors (Lipinski definition) is 0. The summed E-state index contributed by atoms with van der Waals surface area (Å²) in [4.78, 5) is 10.2. The van der Waals surface area contributed by atoms with E-state index in [2.05, 4.69) is 206 Å². The van der Waals surface area contributed by atoms with Gasteiger partial charge in [0.15, 0.2) is 25.8 Å². The zero-order chi connectivity index (χ0) is 61.1. The van der Waals surface area contributed by atoms with Crippen LogP contribution in [0.3, 0.4) is 0 Å². The molecule has 0 heterocycles. The Bertz CT molecular complexity index is 2740. The summed E-state index contributed by atoms with van der Waals surface area (Å²) in [5.74, 6) is 0. The molecule has 4 aromatic rings. The number of halogens is 6. The van der Waals surface area contributed by atoms with Gasteiger partial charge in [0, 0.05) is 135 Å². The molecule has 0 N–H and O–H groups in total. The normalized spacial score (nSPS) is 12.6. The van der Waals surface area contributed by atoms with Crippen LogP contribution in [0.4, 0.5) is 71.8 Å². The molecule has 0 saturated heterocycles. The molecule has 0 radical (unpaired) electrons. The van der Waals surface area contributed by atoms with E-state index in [1.54, 1.807) is 0 Å². The molecule has 4 aromatic carbocycles. The lowest BCUT2D eigenvalue weighted by atomic mass is 10.1. The van der Waals surface area contributed by atoms with E-state index in [9.17, 15) is 43.2 Å². The number of sulfonamides is 2. The average Bonchev–Trinajstić information content (AvgIpc) is 3.57. The highest BCUT2D eigenvalue weighted by molar-refractivity contribution is 8.13. The Morgan fingerprint density at radius 2 is 0.607 bits per heavy atom. The summed E-state index contributed by atoms with van der Waals surface area (Å²) in [7, 11) is -13.4. The van der Waals surface area contributed by atoms with Crippen LogP contribution < -0.4 is 24.2 Å². The van der Waals surface area contributed by atoms with E-state index < -0.39 is 31.1 Å². The van der Waals surface area contributed by atoms with E-state index in [1.807, 2.05) is 0 Å². The molecule has 468 valence electrons. The van der Waals surface area contributed by atoms with E-state index in [-0.39, 0.29) is 7.43 Å². The fourth-order valence-corrected chi connectivity index (χ4v) is 11.1. The molecule has 1 aliphatic carbocycles. The fourth-order valence-electron chi connectivity index (χ4n) is 9.38. The van der Waals surface area contributed by atoms with E-state index in [0.29, 0.717) is 0 Å². The summed E-state index contributed by atoms with van der Waals surface area (Å²) < 4.78 is 114. The Kier molecular flexibility index (Phi) is 31.4. The molecule has 0 amide bonds. The van der Waals surface area contributed by atoms with Gasteiger partial charge in [-0.05, 0) is 111 Å². The van der Waals surface area contributed by atoms with Crippen molar-refractivity contribution in [1.29, 1.82) is 0 Å². The van der Waals surface area contributed by atoms with Gasteiger partial charge in [0.2, 0.25) is 17.1 Å². The maximum atomic E-state index is 11.4. The number of alkyl halides is 6. The van der Waals surface area contributed by atoms with E-state index >= 15 is 0 Å². The third kappa shape index (κ3) is 22.0. The second kappa shape index (κ2) is 36.4. The van der Waals surface area contributed by atoms with Crippen LogP contribution in [0, 0.1) is 0 Å². The minimum Gasteiger partial charge on any atom is -0.421 e. The van der Waals surface area contributed by atoms with Gasteiger partial charge in [-0.3, -0.25) is 0 Å². The predicted molar refractivity (Wildman–Crippen MR) is 343 cm³/mol. The van der Waals surface area contributed by atoms with Crippen molar-refractivity contribution in [3.05, 3.63) is 125 Å². The first kappa shape index (κ1) is 72.6. The van der Waals surface area contributed by atoms with Crippen molar-refractivity contribution in [3.8, 4) is 0 Å². The lowest BCUT2D eigenvalue weighted by Crippen LogP contribution is -2.30. The quantitative estimate of drug-likeness (QED) is 0.0259. The van der Waals surface area contributed by atoms with E-state index in [4.69, 9.17) is 0 Å². The molecule has 11 nitrogen and oxygen atoms in total. The summed E-state index contributed by atoms with van der Waals surface area (Å²) in [6, 6.07) is 37.4. The van der Waals surface area contributed by atoms with Crippen LogP contribution in [-0.4, -0.2) is 96.2 Å². The maximum absolute atomic E-state index is 11.4. The summed E-state index contributed by atoms with van der Waals surface area (Å²) in [5, 5.41) is 0. The first-order valence-corrected chi connectivity index (χ1v) is 33.0. The van der Waals surface area contributed by atoms with Gasteiger partial charge in [-0.15, -0.1) is 0 Å². The molecule has 0 unspecified atom stereocenters. The average molecular weight is 1220 g/mol. The molecule has 0 aromatic heterocycles. The molecular weight excluding hydrogens is 1120 g/mol. The van der Waals surface area contributed by atoms with Crippen molar-refractivity contribution in [2.45, 2.75) is 177 Å². The van der Waals surface area contributed by atoms with Gasteiger partial charge in [-0.2, -0.15) is 30.9 Å². The third-order valence-electron chi connectivity index (χ3n) is 14.3. The molecule has 0 saturated carbocycles. The van der Waals surface area contributed by atoms with Gasteiger partial charge in [-0.25, -0.2) is 21.4 Å². The van der Waals surface area contributed by atoms with Gasteiger partial charge in [0.1, 0.15) is 13.1 Å². The summed E-state index contributed by atoms with van der Waals surface area (Å²) >= 11 is 0. The van der Waals surface area contributed by atoms with Gasteiger partial charge in [0.05, 0.1) is 0 Å². The fraction of sp³-hybridized carbons (Fsp3) is 0.538. The van der Waals surface area contributed by atoms with Crippen molar-refractivity contribution in [1.82, 2.24) is 4.58 Å². The van der Waals surface area contributed by atoms with Crippen LogP contribution in [0.2, 0.25) is 0 Å². The van der Waals surface area contributed by atoms with E-state index in [0.717, 1.165) is 67.9 Å². The van der Waals surface area contributed by atoms with Crippen molar-refractivity contribution in [3.63, 3.8) is 0 Å². The highest BCUT2D eigenvalue weighted by Crippen LogP contribution is 2.39. The van der Waals surface area contributed by atoms with Crippen LogP contribution in [0.1, 0.15) is 166 Å². The molecule has 0 spiro atoms. The van der Waals surface area contributed by atoms with Crippen molar-refractivity contribution >= 4 is 77.0 Å². The predicted octanol–water partition coefficient (Wildman–Crippen LogP) is 18.5. The molecule has 0 fully saturated rings. The monoisotopic (exact) mass is 1220 g/mol. The maximum Gasteiger partial charge on any atom is 0.480 e. The molecule has 0 bridgehead atoms. The molecule has 0 aliphatic heterocycles. The minimum absolute atomic E-state index is 0. The van der Waals surface area contributed by atoms with E-state index in [1.165, 1.54) is 148 Å². The van der Waals surface area contributed by atoms with Crippen LogP contribution in [-0.2, 0) is 20.0 Å².